The molecule has 3 aliphatic rings. The normalized spacial score (nSPS) is 19.8. The maximum atomic E-state index is 15.5. The molecule has 0 spiro atoms. The molecule has 2 N–H and O–H groups in total. The van der Waals surface area contributed by atoms with Crippen LogP contribution in [0.2, 0.25) is 5.02 Å². The molecule has 0 radical (unpaired) electrons. The third kappa shape index (κ3) is 7.62. The predicted molar refractivity (Wildman–Crippen MR) is 207 cm³/mol. The number of benzene rings is 1. The van der Waals surface area contributed by atoms with Crippen molar-refractivity contribution in [3.8, 4) is 11.6 Å². The number of carbonyl (C=O) groups excluding carboxylic acids is 1. The minimum Gasteiger partial charge on any atom is -0.480 e. The van der Waals surface area contributed by atoms with Gasteiger partial charge in [0.25, 0.3) is 0 Å². The Hall–Kier alpha value is -5.98. The van der Waals surface area contributed by atoms with Crippen molar-refractivity contribution in [2.24, 2.45) is 4.99 Å². The first-order valence-corrected chi connectivity index (χ1v) is 19.1. The molecule has 0 saturated carbocycles. The third-order valence-electron chi connectivity index (χ3n) is 10.1. The van der Waals surface area contributed by atoms with Gasteiger partial charge in [0.1, 0.15) is 35.4 Å². The molecule has 19 heteroatoms. The molecule has 1 fully saturated rings. The van der Waals surface area contributed by atoms with Gasteiger partial charge in [0.2, 0.25) is 0 Å². The van der Waals surface area contributed by atoms with Gasteiger partial charge in [-0.2, -0.15) is 0 Å². The molecule has 292 valence electrons. The fourth-order valence-corrected chi connectivity index (χ4v) is 8.18. The van der Waals surface area contributed by atoms with Gasteiger partial charge in [-0.15, -0.1) is 11.3 Å². The fraction of sp³-hybridized carbons (Fsp3) is 0.289. The number of aliphatic imine (C=N–C) groups is 1. The number of carboxylic acid groups (broad SMARTS) is 1. The second kappa shape index (κ2) is 15.9. The second-order valence-corrected chi connectivity index (χ2v) is 14.8. The number of rotatable bonds is 9. The van der Waals surface area contributed by atoms with Crippen molar-refractivity contribution in [1.29, 1.82) is 0 Å². The smallest absolute Gasteiger partial charge is 0.338 e. The van der Waals surface area contributed by atoms with Crippen LogP contribution < -0.4 is 15.1 Å². The van der Waals surface area contributed by atoms with E-state index in [9.17, 15) is 19.1 Å². The first-order valence-electron chi connectivity index (χ1n) is 17.9. The van der Waals surface area contributed by atoms with Gasteiger partial charge in [0.05, 0.1) is 24.4 Å². The molecule has 3 aliphatic heterocycles. The predicted octanol–water partition coefficient (Wildman–Crippen LogP) is 4.63. The van der Waals surface area contributed by atoms with Gasteiger partial charge in [0.15, 0.2) is 22.5 Å². The zero-order chi connectivity index (χ0) is 39.8. The minimum atomic E-state index is -1.14. The van der Waals surface area contributed by atoms with Gasteiger partial charge in [-0.05, 0) is 25.1 Å². The Kier molecular flexibility index (Phi) is 10.6. The summed E-state index contributed by atoms with van der Waals surface area (Å²) in [4.78, 5) is 63.4. The van der Waals surface area contributed by atoms with E-state index in [-0.39, 0.29) is 42.1 Å². The van der Waals surface area contributed by atoms with E-state index in [1.165, 1.54) is 42.7 Å². The summed E-state index contributed by atoms with van der Waals surface area (Å²) in [6.07, 6.45) is 7.13. The number of thiazole rings is 1. The van der Waals surface area contributed by atoms with E-state index >= 15 is 4.39 Å². The number of carbonyl (C=O) groups is 2. The molecule has 0 aliphatic carbocycles. The van der Waals surface area contributed by atoms with Crippen LogP contribution in [0.1, 0.15) is 40.8 Å². The third-order valence-corrected chi connectivity index (χ3v) is 11.2. The van der Waals surface area contributed by atoms with Crippen LogP contribution >= 0.6 is 22.9 Å². The number of methoxy groups -OCH3 is 1. The highest BCUT2D eigenvalue weighted by atomic mass is 35.5. The Bertz CT molecular complexity index is 2410. The van der Waals surface area contributed by atoms with Gasteiger partial charge in [0, 0.05) is 103 Å². The fourth-order valence-electron chi connectivity index (χ4n) is 7.32. The van der Waals surface area contributed by atoms with Crippen molar-refractivity contribution >= 4 is 52.3 Å². The SMILES string of the molecule is COC(=O)C1=C(CN2CCN(c3cc(F)cc(N4CCc5nc(-c6ncccn6)ncc5C4C)n3)C(C(=O)O)C2)NC(c2nccs2)=N[C@H]1c1ccc(F)cc1Cl. The van der Waals surface area contributed by atoms with Crippen LogP contribution in [0, 0.1) is 11.6 Å². The molecule has 3 atom stereocenters. The molecule has 5 aromatic rings. The molecule has 1 saturated heterocycles. The quantitative estimate of drug-likeness (QED) is 0.197. The Balaban J connectivity index is 1.06. The number of nitrogens with one attached hydrogen (secondary N) is 1. The van der Waals surface area contributed by atoms with E-state index in [2.05, 4.69) is 25.3 Å². The van der Waals surface area contributed by atoms with E-state index in [0.717, 1.165) is 17.3 Å². The van der Waals surface area contributed by atoms with E-state index in [1.54, 1.807) is 41.1 Å². The summed E-state index contributed by atoms with van der Waals surface area (Å²) < 4.78 is 34.8. The second-order valence-electron chi connectivity index (χ2n) is 13.5. The monoisotopic (exact) mass is 813 g/mol. The van der Waals surface area contributed by atoms with Crippen LogP contribution in [0.5, 0.6) is 0 Å². The number of halogens is 3. The summed E-state index contributed by atoms with van der Waals surface area (Å²) in [5.74, 6) is -1.22. The number of aliphatic carboxylic acids is 1. The number of nitrogens with zero attached hydrogens (tertiary/aromatic N) is 10. The number of amidine groups is 1. The number of pyridine rings is 1. The van der Waals surface area contributed by atoms with Crippen molar-refractivity contribution in [3.05, 3.63) is 116 Å². The van der Waals surface area contributed by atoms with Crippen LogP contribution in [0.25, 0.3) is 11.6 Å². The number of piperazine rings is 1. The summed E-state index contributed by atoms with van der Waals surface area (Å²) in [5.41, 5.74) is 2.59. The maximum absolute atomic E-state index is 15.5. The molecule has 15 nitrogen and oxygen atoms in total. The number of aromatic nitrogens is 6. The van der Waals surface area contributed by atoms with Gasteiger partial charge >= 0.3 is 11.9 Å². The lowest BCUT2D eigenvalue weighted by molar-refractivity contribution is -0.140. The molecule has 8 rings (SSSR count). The Morgan fingerprint density at radius 3 is 2.47 bits per heavy atom. The van der Waals surface area contributed by atoms with Crippen molar-refractivity contribution in [1.82, 2.24) is 40.1 Å². The summed E-state index contributed by atoms with van der Waals surface area (Å²) in [5, 5.41) is 16.1. The molecule has 7 heterocycles. The lowest BCUT2D eigenvalue weighted by atomic mass is 9.95. The molecule has 0 amide bonds. The Morgan fingerprint density at radius 1 is 0.965 bits per heavy atom. The van der Waals surface area contributed by atoms with Crippen molar-refractivity contribution in [3.63, 3.8) is 0 Å². The van der Waals surface area contributed by atoms with Crippen molar-refractivity contribution in [2.45, 2.75) is 31.5 Å². The van der Waals surface area contributed by atoms with Crippen LogP contribution in [0.15, 0.2) is 82.8 Å². The van der Waals surface area contributed by atoms with Crippen LogP contribution in [0.4, 0.5) is 20.4 Å². The highest BCUT2D eigenvalue weighted by Gasteiger charge is 2.38. The Morgan fingerprint density at radius 2 is 1.75 bits per heavy atom. The van der Waals surface area contributed by atoms with Crippen LogP contribution in [0.3, 0.4) is 0 Å². The summed E-state index contributed by atoms with van der Waals surface area (Å²) in [6.45, 7) is 3.00. The number of fused-ring (bicyclic) bond motifs is 1. The zero-order valence-corrected chi connectivity index (χ0v) is 32.1. The lowest BCUT2D eigenvalue weighted by Crippen LogP contribution is -2.58. The van der Waals surface area contributed by atoms with Crippen LogP contribution in [-0.4, -0.2) is 104 Å². The van der Waals surface area contributed by atoms with Gasteiger partial charge in [-0.3, -0.25) is 9.89 Å². The topological polar surface area (TPSA) is 175 Å². The number of hydrogen-bond donors (Lipinski definition) is 2. The van der Waals surface area contributed by atoms with Crippen molar-refractivity contribution in [2.75, 3.05) is 49.6 Å². The number of esters is 1. The highest BCUT2D eigenvalue weighted by molar-refractivity contribution is 7.11. The standard InChI is InChI=1S/C38H34ClF2N11O4S/c1-20-24-17-45-34(33-42-7-3-8-43-33)46-26(24)6-10-51(20)29-15-22(41)16-30(48-29)52-12-11-50(19-28(52)37(53)54)18-27-31(38(55)56-2)32(23-5-4-21(40)14-25(23)39)49-35(47-27)36-44-9-13-57-36/h3-5,7-9,13-17,20,28,32H,6,10-12,18-19H2,1-2H3,(H,47,49)(H,53,54)/t20?,28?,32-/m0/s1. The average molecular weight is 814 g/mol. The molecule has 0 bridgehead atoms. The first kappa shape index (κ1) is 37.9. The molecule has 2 unspecified atom stereocenters. The Labute approximate surface area is 333 Å². The van der Waals surface area contributed by atoms with Gasteiger partial charge in [-0.25, -0.2) is 48.3 Å². The summed E-state index contributed by atoms with van der Waals surface area (Å²) in [6, 6.07) is 5.75. The van der Waals surface area contributed by atoms with Crippen molar-refractivity contribution < 1.29 is 28.2 Å². The van der Waals surface area contributed by atoms with Gasteiger partial charge in [-0.1, -0.05) is 17.7 Å². The molecule has 1 aromatic carbocycles. The van der Waals surface area contributed by atoms with E-state index in [4.69, 9.17) is 31.3 Å². The molecular formula is C38H34ClF2N11O4S. The summed E-state index contributed by atoms with van der Waals surface area (Å²) in [7, 11) is 1.24. The lowest BCUT2D eigenvalue weighted by Gasteiger charge is -2.41. The van der Waals surface area contributed by atoms with E-state index < -0.39 is 35.7 Å². The zero-order valence-electron chi connectivity index (χ0n) is 30.5. The van der Waals surface area contributed by atoms with E-state index in [1.807, 2.05) is 16.7 Å². The number of carboxylic acids is 1. The highest BCUT2D eigenvalue weighted by Crippen LogP contribution is 2.38. The number of hydrogen-bond acceptors (Lipinski definition) is 15. The minimum absolute atomic E-state index is 0.00746. The first-order chi connectivity index (χ1) is 27.6. The number of anilines is 2. The molecule has 4 aromatic heterocycles. The van der Waals surface area contributed by atoms with E-state index in [0.29, 0.717) is 59.1 Å². The van der Waals surface area contributed by atoms with Gasteiger partial charge < -0.3 is 25.0 Å². The largest absolute Gasteiger partial charge is 0.480 e. The van der Waals surface area contributed by atoms with Crippen LogP contribution in [-0.2, 0) is 20.7 Å². The maximum Gasteiger partial charge on any atom is 0.338 e. The number of ether oxygens (including phenoxy) is 1. The molecule has 57 heavy (non-hydrogen) atoms. The average Bonchev–Trinajstić information content (AvgIpc) is 3.76. The summed E-state index contributed by atoms with van der Waals surface area (Å²) >= 11 is 7.82. The molecular weight excluding hydrogens is 780 g/mol.